The summed E-state index contributed by atoms with van der Waals surface area (Å²) in [6.07, 6.45) is 0. The summed E-state index contributed by atoms with van der Waals surface area (Å²) in [7, 11) is 1.46. The van der Waals surface area contributed by atoms with Gasteiger partial charge in [0.1, 0.15) is 5.75 Å². The lowest BCUT2D eigenvalue weighted by molar-refractivity contribution is 0.102. The first-order valence-corrected chi connectivity index (χ1v) is 6.19. The van der Waals surface area contributed by atoms with Gasteiger partial charge in [-0.25, -0.2) is 8.78 Å². The van der Waals surface area contributed by atoms with E-state index < -0.39 is 17.5 Å². The first-order chi connectivity index (χ1) is 9.92. The van der Waals surface area contributed by atoms with Crippen LogP contribution in [0.5, 0.6) is 5.75 Å². The highest BCUT2D eigenvalue weighted by atomic mass is 35.5. The van der Waals surface area contributed by atoms with Gasteiger partial charge in [0.25, 0.3) is 5.91 Å². The predicted octanol–water partition coefficient (Wildman–Crippen LogP) is 3.46. The second-order valence-corrected chi connectivity index (χ2v) is 4.56. The zero-order chi connectivity index (χ0) is 15.6. The van der Waals surface area contributed by atoms with E-state index in [1.165, 1.54) is 19.2 Å². The van der Waals surface area contributed by atoms with Gasteiger partial charge in [0.15, 0.2) is 11.6 Å². The quantitative estimate of drug-likeness (QED) is 0.853. The molecule has 0 aliphatic heterocycles. The van der Waals surface area contributed by atoms with Crippen LogP contribution in [0.4, 0.5) is 20.2 Å². The Kier molecular flexibility index (Phi) is 4.28. The number of methoxy groups -OCH3 is 1. The van der Waals surface area contributed by atoms with Gasteiger partial charge in [0.2, 0.25) is 0 Å². The minimum atomic E-state index is -1.16. The fraction of sp³-hybridized carbons (Fsp3) is 0.0714. The Balaban J connectivity index is 2.32. The van der Waals surface area contributed by atoms with Gasteiger partial charge in [-0.05, 0) is 18.2 Å². The van der Waals surface area contributed by atoms with Crippen molar-refractivity contribution >= 4 is 28.9 Å². The third-order valence-corrected chi connectivity index (χ3v) is 3.09. The number of halogens is 3. The molecule has 2 aromatic rings. The minimum absolute atomic E-state index is 0.176. The molecule has 0 fully saturated rings. The van der Waals surface area contributed by atoms with E-state index in [9.17, 15) is 13.6 Å². The van der Waals surface area contributed by atoms with Gasteiger partial charge in [-0.15, -0.1) is 0 Å². The Labute approximate surface area is 124 Å². The number of carbonyl (C=O) groups excluding carboxylic acids is 1. The van der Waals surface area contributed by atoms with Crippen LogP contribution < -0.4 is 15.8 Å². The number of nitrogens with one attached hydrogen (secondary N) is 1. The molecule has 0 radical (unpaired) electrons. The van der Waals surface area contributed by atoms with Crippen LogP contribution in [0.15, 0.2) is 30.3 Å². The van der Waals surface area contributed by atoms with Crippen molar-refractivity contribution in [2.24, 2.45) is 0 Å². The highest BCUT2D eigenvalue weighted by Gasteiger charge is 2.16. The van der Waals surface area contributed by atoms with Crippen molar-refractivity contribution in [2.45, 2.75) is 0 Å². The number of anilines is 2. The lowest BCUT2D eigenvalue weighted by Crippen LogP contribution is -2.15. The van der Waals surface area contributed by atoms with E-state index in [0.717, 1.165) is 12.1 Å². The van der Waals surface area contributed by atoms with E-state index in [4.69, 9.17) is 22.1 Å². The third-order valence-electron chi connectivity index (χ3n) is 2.76. The minimum Gasteiger partial charge on any atom is -0.497 e. The van der Waals surface area contributed by atoms with E-state index in [-0.39, 0.29) is 22.0 Å². The highest BCUT2D eigenvalue weighted by molar-refractivity contribution is 6.34. The number of nitrogen functional groups attached to an aromatic ring is 1. The Morgan fingerprint density at radius 2 is 1.90 bits per heavy atom. The summed E-state index contributed by atoms with van der Waals surface area (Å²) in [4.78, 5) is 12.1. The summed E-state index contributed by atoms with van der Waals surface area (Å²) >= 11 is 5.95. The molecule has 0 atom stereocenters. The number of ether oxygens (including phenoxy) is 1. The molecule has 0 saturated carbocycles. The average molecular weight is 313 g/mol. The molecule has 2 aromatic carbocycles. The molecule has 0 aromatic heterocycles. The van der Waals surface area contributed by atoms with Gasteiger partial charge >= 0.3 is 0 Å². The van der Waals surface area contributed by atoms with Crippen LogP contribution in [0.25, 0.3) is 0 Å². The first-order valence-electron chi connectivity index (χ1n) is 5.81. The average Bonchev–Trinajstić information content (AvgIpc) is 2.45. The smallest absolute Gasteiger partial charge is 0.257 e. The van der Waals surface area contributed by atoms with Crippen LogP contribution in [0.3, 0.4) is 0 Å². The molecule has 1 amide bonds. The molecule has 21 heavy (non-hydrogen) atoms. The Hall–Kier alpha value is -2.34. The molecule has 0 saturated heterocycles. The van der Waals surface area contributed by atoms with E-state index >= 15 is 0 Å². The SMILES string of the molecule is COc1ccc(Cl)c(NC(=O)c2cc(F)c(F)cc2N)c1. The summed E-state index contributed by atoms with van der Waals surface area (Å²) < 4.78 is 31.2. The molecule has 0 bridgehead atoms. The number of amides is 1. The normalized spacial score (nSPS) is 10.3. The lowest BCUT2D eigenvalue weighted by Gasteiger charge is -2.10. The van der Waals surface area contributed by atoms with Crippen molar-refractivity contribution in [2.75, 3.05) is 18.2 Å². The van der Waals surface area contributed by atoms with Crippen molar-refractivity contribution in [3.05, 3.63) is 52.6 Å². The largest absolute Gasteiger partial charge is 0.497 e. The Morgan fingerprint density at radius 1 is 1.24 bits per heavy atom. The van der Waals surface area contributed by atoms with Gasteiger partial charge in [0, 0.05) is 17.8 Å². The van der Waals surface area contributed by atoms with Crippen LogP contribution in [0, 0.1) is 11.6 Å². The van der Waals surface area contributed by atoms with Crippen LogP contribution in [-0.4, -0.2) is 13.0 Å². The van der Waals surface area contributed by atoms with E-state index in [1.54, 1.807) is 6.07 Å². The van der Waals surface area contributed by atoms with E-state index in [1.807, 2.05) is 0 Å². The van der Waals surface area contributed by atoms with Crippen LogP contribution in [0.1, 0.15) is 10.4 Å². The fourth-order valence-corrected chi connectivity index (χ4v) is 1.84. The van der Waals surface area contributed by atoms with Gasteiger partial charge in [-0.1, -0.05) is 11.6 Å². The first kappa shape index (κ1) is 15.1. The van der Waals surface area contributed by atoms with Crippen LogP contribution in [-0.2, 0) is 0 Å². The van der Waals surface area contributed by atoms with Crippen molar-refractivity contribution in [1.82, 2.24) is 0 Å². The summed E-state index contributed by atoms with van der Waals surface area (Å²) in [5.41, 5.74) is 5.42. The number of hydrogen-bond acceptors (Lipinski definition) is 3. The van der Waals surface area contributed by atoms with Crippen molar-refractivity contribution in [3.63, 3.8) is 0 Å². The highest BCUT2D eigenvalue weighted by Crippen LogP contribution is 2.28. The van der Waals surface area contributed by atoms with Crippen molar-refractivity contribution < 1.29 is 18.3 Å². The second-order valence-electron chi connectivity index (χ2n) is 4.15. The number of rotatable bonds is 3. The van der Waals surface area contributed by atoms with Crippen molar-refractivity contribution in [1.29, 1.82) is 0 Å². The van der Waals surface area contributed by atoms with Crippen molar-refractivity contribution in [3.8, 4) is 5.75 Å². The lowest BCUT2D eigenvalue weighted by atomic mass is 10.1. The standard InChI is InChI=1S/C14H11ClF2N2O2/c1-21-7-2-3-9(15)13(4-7)19-14(20)8-5-10(16)11(17)6-12(8)18/h2-6H,18H2,1H3,(H,19,20). The monoisotopic (exact) mass is 312 g/mol. The number of benzene rings is 2. The molecule has 0 heterocycles. The molecule has 0 aliphatic rings. The molecule has 3 N–H and O–H groups in total. The summed E-state index contributed by atoms with van der Waals surface area (Å²) in [6.45, 7) is 0. The number of hydrogen-bond donors (Lipinski definition) is 2. The third kappa shape index (κ3) is 3.22. The number of nitrogens with two attached hydrogens (primary N) is 1. The zero-order valence-electron chi connectivity index (χ0n) is 10.9. The molecule has 7 heteroatoms. The molecule has 2 rings (SSSR count). The van der Waals surface area contributed by atoms with Gasteiger partial charge in [-0.3, -0.25) is 4.79 Å². The summed E-state index contributed by atoms with van der Waals surface area (Å²) in [5, 5.41) is 2.74. The van der Waals surface area contributed by atoms with E-state index in [0.29, 0.717) is 5.75 Å². The fourth-order valence-electron chi connectivity index (χ4n) is 1.68. The molecule has 0 aliphatic carbocycles. The zero-order valence-corrected chi connectivity index (χ0v) is 11.7. The summed E-state index contributed by atoms with van der Waals surface area (Å²) in [6, 6.07) is 6.12. The predicted molar refractivity (Wildman–Crippen MR) is 76.7 cm³/mol. The van der Waals surface area contributed by atoms with Gasteiger partial charge in [-0.2, -0.15) is 0 Å². The number of carbonyl (C=O) groups is 1. The van der Waals surface area contributed by atoms with Crippen LogP contribution >= 0.6 is 11.6 Å². The van der Waals surface area contributed by atoms with Gasteiger partial charge in [0.05, 0.1) is 23.4 Å². The maximum absolute atomic E-state index is 13.2. The molecule has 110 valence electrons. The molecular formula is C14H11ClF2N2O2. The summed E-state index contributed by atoms with van der Waals surface area (Å²) in [5.74, 6) is -2.51. The molecule has 4 nitrogen and oxygen atoms in total. The second kappa shape index (κ2) is 5.97. The van der Waals surface area contributed by atoms with E-state index in [2.05, 4.69) is 5.32 Å². The van der Waals surface area contributed by atoms with Gasteiger partial charge < -0.3 is 15.8 Å². The maximum Gasteiger partial charge on any atom is 0.257 e. The molecule has 0 spiro atoms. The maximum atomic E-state index is 13.2. The molecule has 0 unspecified atom stereocenters. The molecular weight excluding hydrogens is 302 g/mol. The Morgan fingerprint density at radius 3 is 2.57 bits per heavy atom. The van der Waals surface area contributed by atoms with Crippen LogP contribution in [0.2, 0.25) is 5.02 Å². The topological polar surface area (TPSA) is 64.3 Å². The Bertz CT molecular complexity index is 708.